The molecule has 0 aliphatic carbocycles. The van der Waals surface area contributed by atoms with Crippen LogP contribution < -0.4 is 11.3 Å². The number of benzene rings is 1. The molecule has 0 bridgehead atoms. The van der Waals surface area contributed by atoms with Gasteiger partial charge >= 0.3 is 6.18 Å². The molecule has 0 saturated carbocycles. The summed E-state index contributed by atoms with van der Waals surface area (Å²) in [5, 5.41) is 0. The lowest BCUT2D eigenvalue weighted by Crippen LogP contribution is -2.30. The number of nitrogens with two attached hydrogens (primary N) is 1. The van der Waals surface area contributed by atoms with Gasteiger partial charge in [0.1, 0.15) is 0 Å². The van der Waals surface area contributed by atoms with Crippen LogP contribution in [0.4, 0.5) is 13.2 Å². The minimum absolute atomic E-state index is 0.144. The molecule has 2 atom stereocenters. The maximum Gasteiger partial charge on any atom is 0.416 e. The number of ether oxygens (including phenoxy) is 1. The van der Waals surface area contributed by atoms with Crippen molar-refractivity contribution in [3.8, 4) is 0 Å². The summed E-state index contributed by atoms with van der Waals surface area (Å²) in [7, 11) is 0. The molecule has 0 aromatic heterocycles. The molecule has 1 aliphatic heterocycles. The Hall–Kier alpha value is -1.11. The molecule has 19 heavy (non-hydrogen) atoms. The van der Waals surface area contributed by atoms with Crippen LogP contribution in [0.25, 0.3) is 0 Å². The van der Waals surface area contributed by atoms with Crippen LogP contribution in [-0.4, -0.2) is 13.2 Å². The van der Waals surface area contributed by atoms with Gasteiger partial charge in [0.05, 0.1) is 5.56 Å². The highest BCUT2D eigenvalue weighted by atomic mass is 19.4. The summed E-state index contributed by atoms with van der Waals surface area (Å²) in [6, 6.07) is 4.98. The van der Waals surface area contributed by atoms with Crippen molar-refractivity contribution in [2.75, 3.05) is 13.2 Å². The van der Waals surface area contributed by atoms with Gasteiger partial charge < -0.3 is 4.74 Å². The van der Waals surface area contributed by atoms with Crippen molar-refractivity contribution in [1.29, 1.82) is 0 Å². The van der Waals surface area contributed by atoms with E-state index >= 15 is 0 Å². The molecule has 1 aliphatic rings. The second kappa shape index (κ2) is 5.90. The summed E-state index contributed by atoms with van der Waals surface area (Å²) >= 11 is 0. The molecule has 1 aromatic carbocycles. The fourth-order valence-corrected chi connectivity index (χ4v) is 2.31. The minimum Gasteiger partial charge on any atom is -0.381 e. The molecule has 2 rings (SSSR count). The number of halogens is 3. The lowest BCUT2D eigenvalue weighted by atomic mass is 9.94. The fourth-order valence-electron chi connectivity index (χ4n) is 2.31. The van der Waals surface area contributed by atoms with Crippen LogP contribution in [0.2, 0.25) is 0 Å². The summed E-state index contributed by atoms with van der Waals surface area (Å²) < 4.78 is 42.7. The molecule has 6 heteroatoms. The first-order valence-electron chi connectivity index (χ1n) is 6.21. The number of hydrogen-bond acceptors (Lipinski definition) is 3. The third-order valence-corrected chi connectivity index (χ3v) is 3.43. The van der Waals surface area contributed by atoms with Crippen LogP contribution in [-0.2, 0) is 10.9 Å². The van der Waals surface area contributed by atoms with E-state index in [-0.39, 0.29) is 6.04 Å². The molecule has 1 heterocycles. The van der Waals surface area contributed by atoms with Crippen molar-refractivity contribution in [3.63, 3.8) is 0 Å². The third-order valence-electron chi connectivity index (χ3n) is 3.43. The molecule has 0 spiro atoms. The van der Waals surface area contributed by atoms with E-state index in [2.05, 4.69) is 5.43 Å². The topological polar surface area (TPSA) is 47.3 Å². The second-order valence-corrected chi connectivity index (χ2v) is 4.80. The number of hydrazine groups is 1. The zero-order chi connectivity index (χ0) is 13.9. The van der Waals surface area contributed by atoms with Crippen molar-refractivity contribution < 1.29 is 17.9 Å². The summed E-state index contributed by atoms with van der Waals surface area (Å²) in [4.78, 5) is 0. The van der Waals surface area contributed by atoms with Gasteiger partial charge in [-0.25, -0.2) is 0 Å². The van der Waals surface area contributed by atoms with E-state index in [1.54, 1.807) is 0 Å². The van der Waals surface area contributed by atoms with Crippen LogP contribution >= 0.6 is 0 Å². The Kier molecular flexibility index (Phi) is 4.44. The molecule has 3 N–H and O–H groups in total. The van der Waals surface area contributed by atoms with Gasteiger partial charge in [-0.3, -0.25) is 11.3 Å². The first kappa shape index (κ1) is 14.3. The lowest BCUT2D eigenvalue weighted by molar-refractivity contribution is -0.137. The fraction of sp³-hybridized carbons (Fsp3) is 0.538. The van der Waals surface area contributed by atoms with Crippen molar-refractivity contribution in [2.24, 2.45) is 11.8 Å². The van der Waals surface area contributed by atoms with Gasteiger partial charge in [-0.05, 0) is 36.5 Å². The molecule has 1 saturated heterocycles. The van der Waals surface area contributed by atoms with Gasteiger partial charge in [0.25, 0.3) is 0 Å². The third kappa shape index (κ3) is 3.68. The molecule has 1 fully saturated rings. The average molecular weight is 274 g/mol. The van der Waals surface area contributed by atoms with Gasteiger partial charge in [0.2, 0.25) is 0 Å². The number of hydrogen-bond donors (Lipinski definition) is 2. The summed E-state index contributed by atoms with van der Waals surface area (Å²) in [5.74, 6) is 5.90. The Balaban J connectivity index is 2.05. The lowest BCUT2D eigenvalue weighted by Gasteiger charge is -2.20. The zero-order valence-electron chi connectivity index (χ0n) is 10.4. The Bertz CT molecular complexity index is 399. The van der Waals surface area contributed by atoms with Gasteiger partial charge in [0.15, 0.2) is 0 Å². The van der Waals surface area contributed by atoms with E-state index in [4.69, 9.17) is 10.6 Å². The zero-order valence-corrected chi connectivity index (χ0v) is 10.4. The van der Waals surface area contributed by atoms with Crippen LogP contribution in [0, 0.1) is 5.92 Å². The number of rotatable bonds is 4. The van der Waals surface area contributed by atoms with Gasteiger partial charge in [0, 0.05) is 19.3 Å². The van der Waals surface area contributed by atoms with E-state index < -0.39 is 11.7 Å². The van der Waals surface area contributed by atoms with E-state index in [0.29, 0.717) is 12.5 Å². The normalized spacial score (nSPS) is 21.6. The highest BCUT2D eigenvalue weighted by Gasteiger charge is 2.30. The molecule has 2 unspecified atom stereocenters. The van der Waals surface area contributed by atoms with E-state index in [1.807, 2.05) is 0 Å². The van der Waals surface area contributed by atoms with Gasteiger partial charge in [-0.2, -0.15) is 13.2 Å². The van der Waals surface area contributed by atoms with Crippen molar-refractivity contribution in [1.82, 2.24) is 5.43 Å². The Morgan fingerprint density at radius 2 is 2.00 bits per heavy atom. The maximum absolute atomic E-state index is 12.5. The number of alkyl halides is 3. The molecule has 3 nitrogen and oxygen atoms in total. The Morgan fingerprint density at radius 1 is 1.32 bits per heavy atom. The Morgan fingerprint density at radius 3 is 2.47 bits per heavy atom. The second-order valence-electron chi connectivity index (χ2n) is 4.80. The quantitative estimate of drug-likeness (QED) is 0.655. The highest BCUT2D eigenvalue weighted by Crippen LogP contribution is 2.31. The van der Waals surface area contributed by atoms with E-state index in [9.17, 15) is 13.2 Å². The molecule has 0 radical (unpaired) electrons. The minimum atomic E-state index is -4.30. The largest absolute Gasteiger partial charge is 0.416 e. The van der Waals surface area contributed by atoms with E-state index in [0.717, 1.165) is 37.1 Å². The van der Waals surface area contributed by atoms with Crippen LogP contribution in [0.15, 0.2) is 24.3 Å². The first-order valence-corrected chi connectivity index (χ1v) is 6.21. The highest BCUT2D eigenvalue weighted by molar-refractivity contribution is 5.26. The van der Waals surface area contributed by atoms with Crippen LogP contribution in [0.5, 0.6) is 0 Å². The Labute approximate surface area is 109 Å². The average Bonchev–Trinajstić information content (AvgIpc) is 2.88. The monoisotopic (exact) mass is 274 g/mol. The molecule has 0 amide bonds. The van der Waals surface area contributed by atoms with E-state index in [1.165, 1.54) is 12.1 Å². The summed E-state index contributed by atoms with van der Waals surface area (Å²) in [5.41, 5.74) is 2.79. The van der Waals surface area contributed by atoms with Crippen LogP contribution in [0.3, 0.4) is 0 Å². The van der Waals surface area contributed by atoms with Crippen molar-refractivity contribution in [2.45, 2.75) is 25.1 Å². The molecule has 1 aromatic rings. The first-order chi connectivity index (χ1) is 9.00. The predicted molar refractivity (Wildman–Crippen MR) is 65.1 cm³/mol. The van der Waals surface area contributed by atoms with Crippen molar-refractivity contribution >= 4 is 0 Å². The van der Waals surface area contributed by atoms with Gasteiger partial charge in [-0.15, -0.1) is 0 Å². The SMILES string of the molecule is NNC(CC1CCOC1)c1ccc(C(F)(F)F)cc1. The molecule has 106 valence electrons. The molecular formula is C13H17F3N2O. The summed E-state index contributed by atoms with van der Waals surface area (Å²) in [6.45, 7) is 1.44. The predicted octanol–water partition coefficient (Wildman–Crippen LogP) is 2.64. The summed E-state index contributed by atoms with van der Waals surface area (Å²) in [6.07, 6.45) is -2.57. The standard InChI is InChI=1S/C13H17F3N2O/c14-13(15,16)11-3-1-10(2-4-11)12(18-17)7-9-5-6-19-8-9/h1-4,9,12,18H,5-8,17H2. The smallest absolute Gasteiger partial charge is 0.381 e. The van der Waals surface area contributed by atoms with Gasteiger partial charge in [-0.1, -0.05) is 12.1 Å². The van der Waals surface area contributed by atoms with Crippen LogP contribution in [0.1, 0.15) is 30.0 Å². The maximum atomic E-state index is 12.5. The number of nitrogens with one attached hydrogen (secondary N) is 1. The molecular weight excluding hydrogens is 257 g/mol. The van der Waals surface area contributed by atoms with Crippen molar-refractivity contribution in [3.05, 3.63) is 35.4 Å².